The summed E-state index contributed by atoms with van der Waals surface area (Å²) in [5.41, 5.74) is 1.26. The highest BCUT2D eigenvalue weighted by atomic mass is 16.5. The molecule has 2 aromatic rings. The van der Waals surface area contributed by atoms with Gasteiger partial charge >= 0.3 is 0 Å². The quantitative estimate of drug-likeness (QED) is 0.490. The lowest BCUT2D eigenvalue weighted by Crippen LogP contribution is -2.29. The van der Waals surface area contributed by atoms with Gasteiger partial charge in [0.2, 0.25) is 0 Å². The van der Waals surface area contributed by atoms with E-state index in [0.717, 1.165) is 4.90 Å². The van der Waals surface area contributed by atoms with Gasteiger partial charge in [0, 0.05) is 23.3 Å². The normalized spacial score (nSPS) is 13.0. The van der Waals surface area contributed by atoms with E-state index in [4.69, 9.17) is 5.26 Å². The number of hydrogen-bond donors (Lipinski definition) is 0. The molecule has 0 spiro atoms. The highest BCUT2D eigenvalue weighted by Gasteiger charge is 2.25. The number of amides is 2. The van der Waals surface area contributed by atoms with Crippen LogP contribution in [0, 0.1) is 11.5 Å². The molecule has 0 N–H and O–H groups in total. The molecule has 2 aromatic carbocycles. The molecule has 1 heterocycles. The molecule has 116 valence electrons. The van der Waals surface area contributed by atoms with Crippen molar-refractivity contribution in [2.75, 3.05) is 4.90 Å². The summed E-state index contributed by atoms with van der Waals surface area (Å²) in [7, 11) is 0. The fourth-order valence-corrected chi connectivity index (χ4v) is 2.31. The van der Waals surface area contributed by atoms with Crippen molar-refractivity contribution in [2.45, 2.75) is 0 Å². The first-order valence-corrected chi connectivity index (χ1v) is 6.97. The Balaban J connectivity index is 1.80. The minimum atomic E-state index is -0.410. The summed E-state index contributed by atoms with van der Waals surface area (Å²) in [5.74, 6) is -0.690. The molecule has 0 atom stereocenters. The number of nitriles is 1. The number of imide groups is 1. The predicted molar refractivity (Wildman–Crippen MR) is 84.2 cm³/mol. The Morgan fingerprint density at radius 3 is 1.88 bits per heavy atom. The molecular weight excluding hydrogens is 308 g/mol. The first kappa shape index (κ1) is 15.2. The molecule has 0 saturated heterocycles. The fourth-order valence-electron chi connectivity index (χ4n) is 2.31. The molecule has 0 aromatic heterocycles. The monoisotopic (exact) mass is 318 g/mol. The first-order valence-electron chi connectivity index (χ1n) is 6.97. The van der Waals surface area contributed by atoms with Crippen molar-refractivity contribution in [3.05, 3.63) is 71.8 Å². The van der Waals surface area contributed by atoms with Crippen LogP contribution < -0.4 is 9.64 Å². The van der Waals surface area contributed by atoms with E-state index in [1.54, 1.807) is 42.7 Å². The van der Waals surface area contributed by atoms with Gasteiger partial charge in [-0.1, -0.05) is 0 Å². The van der Waals surface area contributed by atoms with Gasteiger partial charge in [0.15, 0.2) is 5.78 Å². The lowest BCUT2D eigenvalue weighted by Gasteiger charge is -2.14. The molecule has 6 nitrogen and oxygen atoms in total. The Bertz CT molecular complexity index is 872. The smallest absolute Gasteiger partial charge is 0.292 e. The number of hydrogen-bond acceptors (Lipinski definition) is 5. The van der Waals surface area contributed by atoms with Crippen LogP contribution in [-0.4, -0.2) is 17.6 Å². The third kappa shape index (κ3) is 2.78. The maximum Gasteiger partial charge on any atom is 0.292 e. The molecule has 6 heteroatoms. The maximum atomic E-state index is 12.4. The van der Waals surface area contributed by atoms with Crippen LogP contribution in [0.2, 0.25) is 0 Å². The molecule has 0 unspecified atom stereocenters. The zero-order chi connectivity index (χ0) is 17.1. The topological polar surface area (TPSA) is 87.5 Å². The minimum absolute atomic E-state index is 0.220. The van der Waals surface area contributed by atoms with Crippen molar-refractivity contribution in [1.82, 2.24) is 0 Å². The van der Waals surface area contributed by atoms with Crippen LogP contribution in [0.25, 0.3) is 0 Å². The number of nitrogens with zero attached hydrogens (tertiary/aromatic N) is 2. The Morgan fingerprint density at radius 1 is 0.875 bits per heavy atom. The molecule has 3 rings (SSSR count). The van der Waals surface area contributed by atoms with Crippen LogP contribution in [0.15, 0.2) is 60.7 Å². The van der Waals surface area contributed by atoms with Crippen molar-refractivity contribution in [3.63, 3.8) is 0 Å². The van der Waals surface area contributed by atoms with E-state index < -0.39 is 11.8 Å². The van der Waals surface area contributed by atoms with Gasteiger partial charge in [-0.2, -0.15) is 0 Å². The van der Waals surface area contributed by atoms with Crippen LogP contribution in [0.1, 0.15) is 15.9 Å². The Hall–Kier alpha value is -3.72. The summed E-state index contributed by atoms with van der Waals surface area (Å²) in [5, 5.41) is 8.43. The lowest BCUT2D eigenvalue weighted by molar-refractivity contribution is -0.119. The molecule has 0 radical (unpaired) electrons. The Labute approximate surface area is 137 Å². The minimum Gasteiger partial charge on any atom is -0.388 e. The number of ether oxygens (including phenoxy) is 1. The van der Waals surface area contributed by atoms with Crippen LogP contribution in [-0.2, 0) is 9.59 Å². The number of carbonyl (C=O) groups excluding carboxylic acids is 3. The van der Waals surface area contributed by atoms with Crippen LogP contribution in [0.5, 0.6) is 5.75 Å². The average Bonchev–Trinajstić information content (AvgIpc) is 2.94. The second-order valence-corrected chi connectivity index (χ2v) is 4.94. The number of ketones is 1. The second kappa shape index (κ2) is 6.18. The van der Waals surface area contributed by atoms with Gasteiger partial charge in [-0.15, -0.1) is 5.26 Å². The Morgan fingerprint density at radius 2 is 1.38 bits per heavy atom. The lowest BCUT2D eigenvalue weighted by atomic mass is 10.0. The SMILES string of the molecule is N#COc1ccc(C(=O)c2ccc(N3C(=O)C=CC3=O)cc2)cc1. The van der Waals surface area contributed by atoms with Gasteiger partial charge in [-0.05, 0) is 48.5 Å². The molecular formula is C18H10N2O4. The van der Waals surface area contributed by atoms with Crippen LogP contribution in [0.3, 0.4) is 0 Å². The first-order chi connectivity index (χ1) is 11.6. The predicted octanol–water partition coefficient (Wildman–Crippen LogP) is 2.21. The number of rotatable bonds is 4. The molecule has 24 heavy (non-hydrogen) atoms. The highest BCUT2D eigenvalue weighted by molar-refractivity contribution is 6.28. The maximum absolute atomic E-state index is 12.4. The second-order valence-electron chi connectivity index (χ2n) is 4.94. The molecule has 1 aliphatic heterocycles. The Kier molecular flexibility index (Phi) is 3.91. The summed E-state index contributed by atoms with van der Waals surface area (Å²) in [6, 6.07) is 12.4. The van der Waals surface area contributed by atoms with Gasteiger partial charge in [-0.3, -0.25) is 14.4 Å². The summed E-state index contributed by atoms with van der Waals surface area (Å²) in [4.78, 5) is 36.7. The van der Waals surface area contributed by atoms with Gasteiger partial charge < -0.3 is 4.74 Å². The molecule has 0 fully saturated rings. The summed E-state index contributed by atoms with van der Waals surface area (Å²) in [6.45, 7) is 0. The zero-order valence-electron chi connectivity index (χ0n) is 12.3. The zero-order valence-corrected chi connectivity index (χ0v) is 12.3. The van der Waals surface area contributed by atoms with Gasteiger partial charge in [0.1, 0.15) is 5.75 Å². The van der Waals surface area contributed by atoms with E-state index in [-0.39, 0.29) is 5.78 Å². The third-order valence-electron chi connectivity index (χ3n) is 3.48. The molecule has 0 bridgehead atoms. The third-order valence-corrected chi connectivity index (χ3v) is 3.48. The molecule has 1 aliphatic rings. The number of benzene rings is 2. The van der Waals surface area contributed by atoms with E-state index in [2.05, 4.69) is 4.74 Å². The average molecular weight is 318 g/mol. The van der Waals surface area contributed by atoms with Crippen molar-refractivity contribution < 1.29 is 19.1 Å². The molecule has 0 saturated carbocycles. The summed E-state index contributed by atoms with van der Waals surface area (Å²) >= 11 is 0. The van der Waals surface area contributed by atoms with Gasteiger partial charge in [-0.25, -0.2) is 4.90 Å². The van der Waals surface area contributed by atoms with Crippen LogP contribution >= 0.6 is 0 Å². The number of carbonyl (C=O) groups is 3. The van der Waals surface area contributed by atoms with E-state index in [1.165, 1.54) is 24.3 Å². The standard InChI is InChI=1S/C18H10N2O4/c19-11-24-15-7-3-13(4-8-15)18(23)12-1-5-14(6-2-12)20-16(21)9-10-17(20)22/h1-10H. The number of anilines is 1. The van der Waals surface area contributed by atoms with Crippen molar-refractivity contribution in [2.24, 2.45) is 0 Å². The summed E-state index contributed by atoms with van der Waals surface area (Å²) < 4.78 is 4.66. The van der Waals surface area contributed by atoms with Crippen LogP contribution in [0.4, 0.5) is 5.69 Å². The molecule has 0 aliphatic carbocycles. The van der Waals surface area contributed by atoms with Gasteiger partial charge in [0.25, 0.3) is 18.1 Å². The summed E-state index contributed by atoms with van der Waals surface area (Å²) in [6.07, 6.45) is 3.96. The van der Waals surface area contributed by atoms with Crippen molar-refractivity contribution in [3.8, 4) is 12.0 Å². The van der Waals surface area contributed by atoms with E-state index in [9.17, 15) is 14.4 Å². The van der Waals surface area contributed by atoms with Gasteiger partial charge in [0.05, 0.1) is 5.69 Å². The van der Waals surface area contributed by atoms with E-state index >= 15 is 0 Å². The highest BCUT2D eigenvalue weighted by Crippen LogP contribution is 2.21. The van der Waals surface area contributed by atoms with E-state index in [0.29, 0.717) is 22.6 Å². The van der Waals surface area contributed by atoms with E-state index in [1.807, 2.05) is 0 Å². The molecule has 2 amide bonds. The van der Waals surface area contributed by atoms with Crippen molar-refractivity contribution in [1.29, 1.82) is 5.26 Å². The van der Waals surface area contributed by atoms with Crippen molar-refractivity contribution >= 4 is 23.3 Å². The fraction of sp³-hybridized carbons (Fsp3) is 0. The largest absolute Gasteiger partial charge is 0.388 e.